The Balaban J connectivity index is 3.52. The van der Waals surface area contributed by atoms with E-state index in [-0.39, 0.29) is 10.4 Å². The summed E-state index contributed by atoms with van der Waals surface area (Å²) in [7, 11) is 0. The minimum absolute atomic E-state index is 0.133. The van der Waals surface area contributed by atoms with Crippen molar-refractivity contribution in [2.75, 3.05) is 5.33 Å². The zero-order valence-corrected chi connectivity index (χ0v) is 10.3. The minimum Gasteiger partial charge on any atom is -0.393 e. The van der Waals surface area contributed by atoms with Gasteiger partial charge in [0.15, 0.2) is 0 Å². The Labute approximate surface area is 85.8 Å². The molecule has 3 heteroatoms. The maximum Gasteiger partial charge on any atom is 0.0538 e. The van der Waals surface area contributed by atoms with Gasteiger partial charge in [0.2, 0.25) is 0 Å². The molecule has 0 aromatic rings. The molecule has 0 fully saturated rings. The third-order valence-corrected chi connectivity index (χ3v) is 4.42. The summed E-state index contributed by atoms with van der Waals surface area (Å²) in [6.07, 6.45) is 2.61. The fourth-order valence-electron chi connectivity index (χ4n) is 0.739. The maximum absolute atomic E-state index is 9.28. The Morgan fingerprint density at radius 2 is 2.09 bits per heavy atom. The SMILES string of the molecule is CCC(O)CCC(C)(Br)CBr. The second-order valence-electron chi connectivity index (χ2n) is 3.15. The molecule has 2 unspecified atom stereocenters. The van der Waals surface area contributed by atoms with Gasteiger partial charge < -0.3 is 5.11 Å². The van der Waals surface area contributed by atoms with Gasteiger partial charge in [-0.2, -0.15) is 0 Å². The molecule has 0 aliphatic rings. The highest BCUT2D eigenvalue weighted by atomic mass is 79.9. The third-order valence-electron chi connectivity index (χ3n) is 1.75. The fraction of sp³-hybridized carbons (Fsp3) is 1.00. The van der Waals surface area contributed by atoms with Crippen LogP contribution in [-0.2, 0) is 0 Å². The zero-order chi connectivity index (χ0) is 8.91. The smallest absolute Gasteiger partial charge is 0.0538 e. The summed E-state index contributed by atoms with van der Waals surface area (Å²) in [6.45, 7) is 4.13. The normalized spacial score (nSPS) is 19.4. The first-order chi connectivity index (χ1) is 5.02. The first-order valence-corrected chi connectivity index (χ1v) is 5.86. The highest BCUT2D eigenvalue weighted by molar-refractivity contribution is 9.12. The number of rotatable bonds is 5. The molecule has 11 heavy (non-hydrogen) atoms. The second kappa shape index (κ2) is 5.55. The van der Waals surface area contributed by atoms with Gasteiger partial charge >= 0.3 is 0 Å². The van der Waals surface area contributed by atoms with Crippen LogP contribution in [0.3, 0.4) is 0 Å². The van der Waals surface area contributed by atoms with Crippen molar-refractivity contribution in [1.82, 2.24) is 0 Å². The lowest BCUT2D eigenvalue weighted by Gasteiger charge is -2.20. The monoisotopic (exact) mass is 286 g/mol. The van der Waals surface area contributed by atoms with E-state index >= 15 is 0 Å². The summed E-state index contributed by atoms with van der Waals surface area (Å²) in [5.74, 6) is 0. The Bertz CT molecular complexity index is 104. The number of halogens is 2. The van der Waals surface area contributed by atoms with E-state index in [1.807, 2.05) is 6.92 Å². The molecule has 0 saturated carbocycles. The summed E-state index contributed by atoms with van der Waals surface area (Å²) in [4.78, 5) is 0. The number of hydrogen-bond acceptors (Lipinski definition) is 1. The van der Waals surface area contributed by atoms with Crippen molar-refractivity contribution in [3.63, 3.8) is 0 Å². The van der Waals surface area contributed by atoms with Crippen LogP contribution in [0.4, 0.5) is 0 Å². The number of hydrogen-bond donors (Lipinski definition) is 1. The molecule has 2 atom stereocenters. The Morgan fingerprint density at radius 3 is 2.45 bits per heavy atom. The molecule has 0 aromatic heterocycles. The van der Waals surface area contributed by atoms with E-state index < -0.39 is 0 Å². The lowest BCUT2D eigenvalue weighted by atomic mass is 10.0. The molecular weight excluding hydrogens is 272 g/mol. The first kappa shape index (κ1) is 11.9. The van der Waals surface area contributed by atoms with Gasteiger partial charge in [0.25, 0.3) is 0 Å². The molecule has 1 nitrogen and oxygen atoms in total. The lowest BCUT2D eigenvalue weighted by molar-refractivity contribution is 0.155. The van der Waals surface area contributed by atoms with Crippen molar-refractivity contribution in [2.24, 2.45) is 0 Å². The summed E-state index contributed by atoms with van der Waals surface area (Å²) in [6, 6.07) is 0. The molecule has 0 amide bonds. The van der Waals surface area contributed by atoms with Crippen LogP contribution >= 0.6 is 31.9 Å². The van der Waals surface area contributed by atoms with Gasteiger partial charge in [0.05, 0.1) is 6.10 Å². The molecule has 0 rings (SSSR count). The van der Waals surface area contributed by atoms with Crippen molar-refractivity contribution >= 4 is 31.9 Å². The van der Waals surface area contributed by atoms with Crippen LogP contribution in [0, 0.1) is 0 Å². The van der Waals surface area contributed by atoms with E-state index in [1.165, 1.54) is 0 Å². The molecule has 0 radical (unpaired) electrons. The van der Waals surface area contributed by atoms with Crippen LogP contribution in [0.25, 0.3) is 0 Å². The molecule has 0 aromatic carbocycles. The van der Waals surface area contributed by atoms with Crippen LogP contribution in [0.2, 0.25) is 0 Å². The Morgan fingerprint density at radius 1 is 1.55 bits per heavy atom. The van der Waals surface area contributed by atoms with Crippen LogP contribution in [-0.4, -0.2) is 20.9 Å². The fourth-order valence-corrected chi connectivity index (χ4v) is 1.25. The quantitative estimate of drug-likeness (QED) is 0.771. The molecule has 0 bridgehead atoms. The average molecular weight is 288 g/mol. The topological polar surface area (TPSA) is 20.2 Å². The number of alkyl halides is 2. The van der Waals surface area contributed by atoms with Crippen molar-refractivity contribution < 1.29 is 5.11 Å². The van der Waals surface area contributed by atoms with Crippen LogP contribution < -0.4 is 0 Å². The van der Waals surface area contributed by atoms with E-state index in [1.54, 1.807) is 0 Å². The van der Waals surface area contributed by atoms with Crippen LogP contribution in [0.1, 0.15) is 33.1 Å². The summed E-state index contributed by atoms with van der Waals surface area (Å²) < 4.78 is 0.142. The standard InChI is InChI=1S/C8H16Br2O/c1-3-7(11)4-5-8(2,10)6-9/h7,11H,3-6H2,1-2H3. The minimum atomic E-state index is -0.133. The molecular formula is C8H16Br2O. The lowest BCUT2D eigenvalue weighted by Crippen LogP contribution is -2.20. The molecule has 0 spiro atoms. The van der Waals surface area contributed by atoms with Gasteiger partial charge in [-0.05, 0) is 26.2 Å². The van der Waals surface area contributed by atoms with Crippen molar-refractivity contribution in [3.8, 4) is 0 Å². The summed E-state index contributed by atoms with van der Waals surface area (Å²) in [5.41, 5.74) is 0. The van der Waals surface area contributed by atoms with E-state index in [0.717, 1.165) is 24.6 Å². The van der Waals surface area contributed by atoms with E-state index in [4.69, 9.17) is 0 Å². The van der Waals surface area contributed by atoms with E-state index in [0.29, 0.717) is 0 Å². The first-order valence-electron chi connectivity index (χ1n) is 3.95. The molecule has 0 aliphatic heterocycles. The highest BCUT2D eigenvalue weighted by Crippen LogP contribution is 2.26. The second-order valence-corrected chi connectivity index (χ2v) is 5.62. The van der Waals surface area contributed by atoms with Crippen LogP contribution in [0.15, 0.2) is 0 Å². The maximum atomic E-state index is 9.28. The van der Waals surface area contributed by atoms with Crippen molar-refractivity contribution in [2.45, 2.75) is 43.5 Å². The average Bonchev–Trinajstić information content (AvgIpc) is 2.00. The van der Waals surface area contributed by atoms with Gasteiger partial charge in [-0.1, -0.05) is 38.8 Å². The molecule has 68 valence electrons. The van der Waals surface area contributed by atoms with Crippen LogP contribution in [0.5, 0.6) is 0 Å². The summed E-state index contributed by atoms with van der Waals surface area (Å²) in [5, 5.41) is 10.2. The molecule has 0 aliphatic carbocycles. The number of aliphatic hydroxyl groups excluding tert-OH is 1. The van der Waals surface area contributed by atoms with E-state index in [9.17, 15) is 5.11 Å². The highest BCUT2D eigenvalue weighted by Gasteiger charge is 2.19. The van der Waals surface area contributed by atoms with Gasteiger partial charge in [0.1, 0.15) is 0 Å². The summed E-state index contributed by atoms with van der Waals surface area (Å²) >= 11 is 7.00. The molecule has 1 N–H and O–H groups in total. The Kier molecular flexibility index (Phi) is 6.01. The van der Waals surface area contributed by atoms with Gasteiger partial charge in [-0.25, -0.2) is 0 Å². The number of aliphatic hydroxyl groups is 1. The third kappa shape index (κ3) is 6.12. The molecule has 0 heterocycles. The largest absolute Gasteiger partial charge is 0.393 e. The van der Waals surface area contributed by atoms with Crippen molar-refractivity contribution in [1.29, 1.82) is 0 Å². The van der Waals surface area contributed by atoms with Gasteiger partial charge in [0, 0.05) is 9.65 Å². The predicted molar refractivity (Wildman–Crippen MR) is 56.7 cm³/mol. The predicted octanol–water partition coefficient (Wildman–Crippen LogP) is 3.09. The zero-order valence-electron chi connectivity index (χ0n) is 7.11. The molecule has 0 saturated heterocycles. The van der Waals surface area contributed by atoms with Gasteiger partial charge in [-0.15, -0.1) is 0 Å². The van der Waals surface area contributed by atoms with Crippen molar-refractivity contribution in [3.05, 3.63) is 0 Å². The van der Waals surface area contributed by atoms with E-state index in [2.05, 4.69) is 38.8 Å². The Hall–Kier alpha value is 0.920. The van der Waals surface area contributed by atoms with Gasteiger partial charge in [-0.3, -0.25) is 0 Å².